The molecular weight excluding hydrogens is 245 g/mol. The van der Waals surface area contributed by atoms with Crippen LogP contribution in [0.25, 0.3) is 0 Å². The summed E-state index contributed by atoms with van der Waals surface area (Å²) < 4.78 is 19.0. The molecule has 1 aromatic carbocycles. The number of nitrogens with zero attached hydrogens (tertiary/aromatic N) is 1. The van der Waals surface area contributed by atoms with E-state index in [1.807, 2.05) is 19.9 Å². The number of rotatable bonds is 4. The molecular formula is C15H16FNO2. The predicted molar refractivity (Wildman–Crippen MR) is 70.7 cm³/mol. The zero-order chi connectivity index (χ0) is 13.8. The minimum atomic E-state index is -0.440. The second-order valence-electron chi connectivity index (χ2n) is 4.58. The summed E-state index contributed by atoms with van der Waals surface area (Å²) in [6, 6.07) is 9.58. The first-order valence-corrected chi connectivity index (χ1v) is 6.14. The summed E-state index contributed by atoms with van der Waals surface area (Å²) in [7, 11) is 0. The molecule has 0 aliphatic heterocycles. The van der Waals surface area contributed by atoms with Crippen molar-refractivity contribution in [3.63, 3.8) is 0 Å². The molecule has 0 aliphatic carbocycles. The van der Waals surface area contributed by atoms with Gasteiger partial charge in [0.05, 0.1) is 6.61 Å². The maximum absolute atomic E-state index is 13.5. The lowest BCUT2D eigenvalue weighted by Gasteiger charge is -2.11. The Morgan fingerprint density at radius 1 is 1.26 bits per heavy atom. The van der Waals surface area contributed by atoms with Gasteiger partial charge in [0.1, 0.15) is 0 Å². The molecule has 0 aliphatic rings. The zero-order valence-corrected chi connectivity index (χ0v) is 10.9. The summed E-state index contributed by atoms with van der Waals surface area (Å²) in [5.41, 5.74) is 1.50. The molecule has 4 heteroatoms. The molecule has 1 heterocycles. The molecule has 0 fully saturated rings. The molecule has 1 N–H and O–H groups in total. The number of hydrogen-bond donors (Lipinski definition) is 1. The van der Waals surface area contributed by atoms with Crippen LogP contribution >= 0.6 is 0 Å². The van der Waals surface area contributed by atoms with Gasteiger partial charge in [-0.1, -0.05) is 26.0 Å². The van der Waals surface area contributed by atoms with Crippen molar-refractivity contribution in [1.29, 1.82) is 0 Å². The molecule has 0 spiro atoms. The lowest BCUT2D eigenvalue weighted by atomic mass is 10.1. The highest BCUT2D eigenvalue weighted by molar-refractivity contribution is 5.32. The van der Waals surface area contributed by atoms with E-state index in [4.69, 9.17) is 4.74 Å². The molecule has 0 saturated heterocycles. The van der Waals surface area contributed by atoms with Gasteiger partial charge in [0, 0.05) is 11.8 Å². The van der Waals surface area contributed by atoms with Crippen molar-refractivity contribution >= 4 is 0 Å². The van der Waals surface area contributed by atoms with Crippen molar-refractivity contribution in [1.82, 2.24) is 4.98 Å². The number of hydrogen-bond acceptors (Lipinski definition) is 3. The van der Waals surface area contributed by atoms with E-state index in [2.05, 4.69) is 4.98 Å². The van der Waals surface area contributed by atoms with Gasteiger partial charge in [0.25, 0.3) is 0 Å². The lowest BCUT2D eigenvalue weighted by molar-refractivity contribution is 0.280. The third-order valence-corrected chi connectivity index (χ3v) is 2.71. The molecule has 0 saturated carbocycles. The Morgan fingerprint density at radius 2 is 2.00 bits per heavy atom. The average molecular weight is 261 g/mol. The summed E-state index contributed by atoms with van der Waals surface area (Å²) >= 11 is 0. The van der Waals surface area contributed by atoms with E-state index in [0.29, 0.717) is 11.4 Å². The summed E-state index contributed by atoms with van der Waals surface area (Å²) in [6.07, 6.45) is 0. The maximum Gasteiger partial charge on any atom is 0.219 e. The third-order valence-electron chi connectivity index (χ3n) is 2.71. The molecule has 3 nitrogen and oxygen atoms in total. The average Bonchev–Trinajstić information content (AvgIpc) is 2.41. The summed E-state index contributed by atoms with van der Waals surface area (Å²) in [5, 5.41) is 9.23. The number of aliphatic hydroxyl groups is 1. The van der Waals surface area contributed by atoms with Crippen LogP contribution in [0.15, 0.2) is 36.4 Å². The summed E-state index contributed by atoms with van der Waals surface area (Å²) in [4.78, 5) is 4.32. The second-order valence-corrected chi connectivity index (χ2v) is 4.58. The fourth-order valence-corrected chi connectivity index (χ4v) is 1.66. The van der Waals surface area contributed by atoms with Crippen molar-refractivity contribution in [3.8, 4) is 11.6 Å². The Hall–Kier alpha value is -1.94. The molecule has 100 valence electrons. The Bertz CT molecular complexity index is 570. The van der Waals surface area contributed by atoms with Crippen LogP contribution in [0.1, 0.15) is 31.0 Å². The van der Waals surface area contributed by atoms with Crippen LogP contribution in [-0.2, 0) is 6.61 Å². The van der Waals surface area contributed by atoms with Crippen LogP contribution in [0.5, 0.6) is 11.6 Å². The topological polar surface area (TPSA) is 42.4 Å². The minimum Gasteiger partial charge on any atom is -0.436 e. The number of aliphatic hydroxyl groups excluding tert-OH is 1. The van der Waals surface area contributed by atoms with E-state index in [-0.39, 0.29) is 18.3 Å². The van der Waals surface area contributed by atoms with Gasteiger partial charge in [-0.05, 0) is 29.7 Å². The molecule has 0 bridgehead atoms. The van der Waals surface area contributed by atoms with Gasteiger partial charge in [-0.15, -0.1) is 0 Å². The first kappa shape index (κ1) is 13.5. The molecule has 2 aromatic rings. The monoisotopic (exact) mass is 261 g/mol. The first-order chi connectivity index (χ1) is 9.10. The highest BCUT2D eigenvalue weighted by Crippen LogP contribution is 2.25. The van der Waals surface area contributed by atoms with Crippen LogP contribution in [0.3, 0.4) is 0 Å². The molecule has 2 rings (SSSR count). The van der Waals surface area contributed by atoms with Gasteiger partial charge in [-0.2, -0.15) is 0 Å². The largest absolute Gasteiger partial charge is 0.436 e. The molecule has 19 heavy (non-hydrogen) atoms. The van der Waals surface area contributed by atoms with E-state index >= 15 is 0 Å². The molecule has 1 aromatic heterocycles. The minimum absolute atomic E-state index is 0.101. The Balaban J connectivity index is 2.34. The van der Waals surface area contributed by atoms with E-state index in [1.165, 1.54) is 12.1 Å². The smallest absolute Gasteiger partial charge is 0.219 e. The lowest BCUT2D eigenvalue weighted by Crippen LogP contribution is -1.99. The van der Waals surface area contributed by atoms with Gasteiger partial charge in [-0.3, -0.25) is 0 Å². The first-order valence-electron chi connectivity index (χ1n) is 6.14. The van der Waals surface area contributed by atoms with E-state index in [0.717, 1.165) is 5.69 Å². The molecule has 0 radical (unpaired) electrons. The van der Waals surface area contributed by atoms with Crippen LogP contribution < -0.4 is 4.74 Å². The normalized spacial score (nSPS) is 10.8. The van der Waals surface area contributed by atoms with E-state index < -0.39 is 5.82 Å². The van der Waals surface area contributed by atoms with Gasteiger partial charge < -0.3 is 9.84 Å². The summed E-state index contributed by atoms with van der Waals surface area (Å²) in [6.45, 7) is 3.89. The zero-order valence-electron chi connectivity index (χ0n) is 10.9. The van der Waals surface area contributed by atoms with Crippen molar-refractivity contribution in [2.75, 3.05) is 0 Å². The van der Waals surface area contributed by atoms with Gasteiger partial charge in [0.2, 0.25) is 5.88 Å². The number of halogens is 1. The van der Waals surface area contributed by atoms with Crippen LogP contribution in [0, 0.1) is 5.82 Å². The van der Waals surface area contributed by atoms with Crippen LogP contribution in [0.4, 0.5) is 4.39 Å². The van der Waals surface area contributed by atoms with E-state index in [1.54, 1.807) is 18.2 Å². The van der Waals surface area contributed by atoms with Crippen molar-refractivity contribution in [2.24, 2.45) is 0 Å². The Labute approximate surface area is 111 Å². The number of aromatic nitrogens is 1. The maximum atomic E-state index is 13.5. The van der Waals surface area contributed by atoms with Crippen molar-refractivity contribution in [3.05, 3.63) is 53.5 Å². The Morgan fingerprint density at radius 3 is 2.63 bits per heavy atom. The fourth-order valence-electron chi connectivity index (χ4n) is 1.66. The number of ether oxygens (including phenoxy) is 1. The van der Waals surface area contributed by atoms with Crippen LogP contribution in [0.2, 0.25) is 0 Å². The highest BCUT2D eigenvalue weighted by Gasteiger charge is 2.09. The second kappa shape index (κ2) is 5.80. The van der Waals surface area contributed by atoms with E-state index in [9.17, 15) is 9.50 Å². The predicted octanol–water partition coefficient (Wildman–Crippen LogP) is 3.63. The summed E-state index contributed by atoms with van der Waals surface area (Å²) in [5.74, 6) is 0.180. The van der Waals surface area contributed by atoms with Gasteiger partial charge in [-0.25, -0.2) is 9.37 Å². The Kier molecular flexibility index (Phi) is 4.12. The van der Waals surface area contributed by atoms with Crippen molar-refractivity contribution in [2.45, 2.75) is 26.4 Å². The quantitative estimate of drug-likeness (QED) is 0.913. The molecule has 0 unspecified atom stereocenters. The highest BCUT2D eigenvalue weighted by atomic mass is 19.1. The third kappa shape index (κ3) is 3.29. The molecule has 0 amide bonds. The number of para-hydroxylation sites is 1. The SMILES string of the molecule is CC(C)c1cc(CO)cc(Oc2ccccc2F)n1. The van der Waals surface area contributed by atoms with Crippen molar-refractivity contribution < 1.29 is 14.2 Å². The number of benzene rings is 1. The fraction of sp³-hybridized carbons (Fsp3) is 0.267. The number of pyridine rings is 1. The van der Waals surface area contributed by atoms with Gasteiger partial charge in [0.15, 0.2) is 11.6 Å². The molecule has 0 atom stereocenters. The van der Waals surface area contributed by atoms with Crippen LogP contribution in [-0.4, -0.2) is 10.1 Å². The standard InChI is InChI=1S/C15H16FNO2/c1-10(2)13-7-11(9-18)8-15(17-13)19-14-6-4-3-5-12(14)16/h3-8,10,18H,9H2,1-2H3. The van der Waals surface area contributed by atoms with Gasteiger partial charge >= 0.3 is 0 Å².